The minimum absolute atomic E-state index is 0. The molecule has 0 spiro atoms. The van der Waals surface area contributed by atoms with Crippen LogP contribution in [0, 0.1) is 0 Å². The van der Waals surface area contributed by atoms with E-state index in [4.69, 9.17) is 21.1 Å². The third-order valence-electron chi connectivity index (χ3n) is 0.945. The normalized spacial score (nSPS) is 10.7. The molecule has 0 bridgehead atoms. The van der Waals surface area contributed by atoms with E-state index in [1.165, 1.54) is 0 Å². The van der Waals surface area contributed by atoms with Crippen LogP contribution >= 0.6 is 0 Å². The molecule has 0 rings (SSSR count). The largest absolute Gasteiger partial charge is 0.394 e. The van der Waals surface area contributed by atoms with Crippen LogP contribution in [0.25, 0.3) is 0 Å². The predicted molar refractivity (Wildman–Crippen MR) is 28.2 cm³/mol. The van der Waals surface area contributed by atoms with Gasteiger partial charge in [0.15, 0.2) is 0 Å². The van der Waals surface area contributed by atoms with Gasteiger partial charge < -0.3 is 21.1 Å². The first-order chi connectivity index (χ1) is 3.68. The smallest absolute Gasteiger partial charge is 0.0856 e. The van der Waals surface area contributed by atoms with Crippen molar-refractivity contribution in [1.29, 1.82) is 0 Å². The van der Waals surface area contributed by atoms with Gasteiger partial charge in [-0.2, -0.15) is 0 Å². The zero-order valence-electron chi connectivity index (χ0n) is 4.89. The summed E-state index contributed by atoms with van der Waals surface area (Å²) in [7, 11) is 0. The van der Waals surface area contributed by atoms with Gasteiger partial charge >= 0.3 is 0 Å². The van der Waals surface area contributed by atoms with Gasteiger partial charge in [-0.15, -0.1) is 0 Å². The van der Waals surface area contributed by atoms with Crippen molar-refractivity contribution in [2.24, 2.45) is 5.73 Å². The SMILES string of the molecule is NC(CO)(CO)CO.[Fe]. The van der Waals surface area contributed by atoms with E-state index in [0.29, 0.717) is 0 Å². The van der Waals surface area contributed by atoms with E-state index in [9.17, 15) is 0 Å². The first-order valence-electron chi connectivity index (χ1n) is 2.30. The summed E-state index contributed by atoms with van der Waals surface area (Å²) in [5, 5.41) is 25.0. The predicted octanol–water partition coefficient (Wildman–Crippen LogP) is -2.34. The molecule has 0 saturated heterocycles. The van der Waals surface area contributed by atoms with Crippen LogP contribution in [0.4, 0.5) is 0 Å². The van der Waals surface area contributed by atoms with Crippen LogP contribution in [0.2, 0.25) is 0 Å². The molecule has 0 unspecified atom stereocenters. The zero-order valence-corrected chi connectivity index (χ0v) is 6.00. The zero-order chi connectivity index (χ0) is 6.62. The minimum Gasteiger partial charge on any atom is -0.394 e. The Balaban J connectivity index is 0. The molecule has 9 heavy (non-hydrogen) atoms. The molecule has 0 atom stereocenters. The van der Waals surface area contributed by atoms with Gasteiger partial charge in [-0.1, -0.05) is 0 Å². The summed E-state index contributed by atoms with van der Waals surface area (Å²) in [6.07, 6.45) is 0. The van der Waals surface area contributed by atoms with Gasteiger partial charge in [0, 0.05) is 17.1 Å². The third kappa shape index (κ3) is 3.86. The van der Waals surface area contributed by atoms with Crippen LogP contribution in [0.5, 0.6) is 0 Å². The molecule has 0 aliphatic carbocycles. The van der Waals surface area contributed by atoms with E-state index < -0.39 is 25.4 Å². The standard InChI is InChI=1S/C4H11NO3.Fe/c5-4(1-6,2-7)3-8;/h6-8H,1-3,5H2;. The molecule has 0 aromatic carbocycles. The minimum atomic E-state index is -1.21. The Morgan fingerprint density at radius 2 is 1.22 bits per heavy atom. The molecule has 0 radical (unpaired) electrons. The van der Waals surface area contributed by atoms with Gasteiger partial charge in [-0.05, 0) is 0 Å². The molecule has 0 heterocycles. The number of aliphatic hydroxyl groups is 3. The monoisotopic (exact) mass is 177 g/mol. The summed E-state index contributed by atoms with van der Waals surface area (Å²) in [5.74, 6) is 0. The van der Waals surface area contributed by atoms with Gasteiger partial charge in [0.25, 0.3) is 0 Å². The van der Waals surface area contributed by atoms with Crippen molar-refractivity contribution in [2.45, 2.75) is 5.54 Å². The first-order valence-corrected chi connectivity index (χ1v) is 2.30. The number of rotatable bonds is 3. The maximum atomic E-state index is 8.34. The van der Waals surface area contributed by atoms with E-state index >= 15 is 0 Å². The van der Waals surface area contributed by atoms with Crippen LogP contribution < -0.4 is 5.73 Å². The molecule has 0 aromatic rings. The van der Waals surface area contributed by atoms with E-state index in [1.807, 2.05) is 0 Å². The van der Waals surface area contributed by atoms with Gasteiger partial charge in [0.05, 0.1) is 25.4 Å². The van der Waals surface area contributed by atoms with Crippen LogP contribution in [0.15, 0.2) is 0 Å². The molecule has 4 nitrogen and oxygen atoms in total. The van der Waals surface area contributed by atoms with Crippen LogP contribution in [0.3, 0.4) is 0 Å². The molecule has 58 valence electrons. The van der Waals surface area contributed by atoms with Crippen LogP contribution in [0.1, 0.15) is 0 Å². The number of hydrogen-bond acceptors (Lipinski definition) is 4. The Labute approximate surface area is 64.2 Å². The molecule has 5 N–H and O–H groups in total. The summed E-state index contributed by atoms with van der Waals surface area (Å²) in [6.45, 7) is -1.21. The summed E-state index contributed by atoms with van der Waals surface area (Å²) in [6, 6.07) is 0. The summed E-state index contributed by atoms with van der Waals surface area (Å²) in [5.41, 5.74) is 3.94. The van der Waals surface area contributed by atoms with Gasteiger partial charge in [0.2, 0.25) is 0 Å². The average Bonchev–Trinajstić information content (AvgIpc) is 1.87. The second-order valence-corrected chi connectivity index (χ2v) is 1.84. The Morgan fingerprint density at radius 1 is 1.00 bits per heavy atom. The maximum absolute atomic E-state index is 8.34. The first kappa shape index (κ1) is 12.1. The molecule has 0 amide bonds. The number of nitrogens with two attached hydrogens (primary N) is 1. The van der Waals surface area contributed by atoms with Crippen LogP contribution in [-0.2, 0) is 17.1 Å². The molecule has 0 aliphatic rings. The fourth-order valence-electron chi connectivity index (χ4n) is 0.150. The Hall–Kier alpha value is 0.359. The topological polar surface area (TPSA) is 86.7 Å². The van der Waals surface area contributed by atoms with Crippen molar-refractivity contribution < 1.29 is 32.4 Å². The molecule has 5 heteroatoms. The fourth-order valence-corrected chi connectivity index (χ4v) is 0.150. The summed E-state index contributed by atoms with van der Waals surface area (Å²) in [4.78, 5) is 0. The molecule has 0 aliphatic heterocycles. The van der Waals surface area contributed by atoms with E-state index in [0.717, 1.165) is 0 Å². The van der Waals surface area contributed by atoms with Crippen molar-refractivity contribution in [1.82, 2.24) is 0 Å². The molecule has 0 fully saturated rings. The Morgan fingerprint density at radius 3 is 1.22 bits per heavy atom. The molecule has 0 aromatic heterocycles. The van der Waals surface area contributed by atoms with Crippen molar-refractivity contribution in [2.75, 3.05) is 19.8 Å². The van der Waals surface area contributed by atoms with Crippen LogP contribution in [-0.4, -0.2) is 40.7 Å². The second kappa shape index (κ2) is 5.17. The van der Waals surface area contributed by atoms with Crippen molar-refractivity contribution in [3.05, 3.63) is 0 Å². The van der Waals surface area contributed by atoms with E-state index in [1.54, 1.807) is 0 Å². The van der Waals surface area contributed by atoms with Crippen molar-refractivity contribution >= 4 is 0 Å². The quantitative estimate of drug-likeness (QED) is 0.364. The van der Waals surface area contributed by atoms with E-state index in [-0.39, 0.29) is 17.1 Å². The van der Waals surface area contributed by atoms with Crippen molar-refractivity contribution in [3.63, 3.8) is 0 Å². The second-order valence-electron chi connectivity index (χ2n) is 1.84. The van der Waals surface area contributed by atoms with Gasteiger partial charge in [-0.25, -0.2) is 0 Å². The van der Waals surface area contributed by atoms with E-state index in [2.05, 4.69) is 0 Å². The fraction of sp³-hybridized carbons (Fsp3) is 1.00. The summed E-state index contributed by atoms with van der Waals surface area (Å²) < 4.78 is 0. The third-order valence-corrected chi connectivity index (χ3v) is 0.945. The summed E-state index contributed by atoms with van der Waals surface area (Å²) >= 11 is 0. The number of aliphatic hydroxyl groups excluding tert-OH is 3. The molecular weight excluding hydrogens is 166 g/mol. The Bertz CT molecular complexity index is 58.6. The maximum Gasteiger partial charge on any atom is 0.0856 e. The Kier molecular flexibility index (Phi) is 6.93. The average molecular weight is 177 g/mol. The van der Waals surface area contributed by atoms with Gasteiger partial charge in [0.1, 0.15) is 0 Å². The molecular formula is C4H11FeNO3. The van der Waals surface area contributed by atoms with Gasteiger partial charge in [-0.3, -0.25) is 0 Å². The molecule has 0 saturated carbocycles. The van der Waals surface area contributed by atoms with Crippen molar-refractivity contribution in [3.8, 4) is 0 Å². The number of hydrogen-bond donors (Lipinski definition) is 4.